The lowest BCUT2D eigenvalue weighted by Crippen LogP contribution is -2.61. The summed E-state index contributed by atoms with van der Waals surface area (Å²) in [5, 5.41) is 30.9. The Hall–Kier alpha value is -6.40. The van der Waals surface area contributed by atoms with Gasteiger partial charge in [-0.3, -0.25) is 43.3 Å². The first-order valence-electron chi connectivity index (χ1n) is 24.4. The van der Waals surface area contributed by atoms with Gasteiger partial charge in [-0.2, -0.15) is 0 Å². The molecule has 8 amide bonds. The van der Waals surface area contributed by atoms with Crippen LogP contribution in [0.3, 0.4) is 0 Å². The second kappa shape index (κ2) is 34.0. The molecule has 24 nitrogen and oxygen atoms in total. The molecular weight excluding hydrogens is 921 g/mol. The standard InChI is InChI=1S/C47H82N14O10/c1-7-29(6)39(45(69)60-38(28(4)5)44(68)58-34(46(70)71)24-30-16-9-8-10-17-30)61-42(66)33(20-15-23-53-47(51)52)57-40(64)31(18-11-13-21-48)56-36(63)26-54-43(67)37(27(2)3)59-41(65)32(19-12-14-22-49)55-35(62)25-50/h8-10,16-17,27-29,31-34,37-39H,7,11-15,18-26,48-50H2,1-6H3,(H,54,67)(H,55,62)(H,56,63)(H,57,64)(H,58,68)(H,59,65)(H,60,69)(H,61,66)(H,70,71)(H4,51,52,53)/t29-,31-,32-,33-,34-,37-,38-,39-/m0/s1. The number of carboxylic acids is 1. The van der Waals surface area contributed by atoms with Gasteiger partial charge in [0.05, 0.1) is 13.1 Å². The van der Waals surface area contributed by atoms with Crippen molar-refractivity contribution < 1.29 is 48.3 Å². The van der Waals surface area contributed by atoms with E-state index in [0.717, 1.165) is 0 Å². The minimum atomic E-state index is -1.30. The number of carboxylic acid groups (broad SMARTS) is 1. The number of carbonyl (C=O) groups excluding carboxylic acids is 8. The first kappa shape index (κ1) is 62.6. The molecule has 1 rings (SSSR count). The van der Waals surface area contributed by atoms with Crippen molar-refractivity contribution in [2.24, 2.45) is 51.4 Å². The molecule has 0 heterocycles. The zero-order valence-corrected chi connectivity index (χ0v) is 42.2. The van der Waals surface area contributed by atoms with E-state index in [0.29, 0.717) is 44.2 Å². The van der Waals surface area contributed by atoms with Gasteiger partial charge in [0.2, 0.25) is 47.3 Å². The number of nitrogens with one attached hydrogen (secondary N) is 8. The van der Waals surface area contributed by atoms with Crippen molar-refractivity contribution in [1.82, 2.24) is 42.5 Å². The van der Waals surface area contributed by atoms with Crippen molar-refractivity contribution in [2.45, 2.75) is 148 Å². The lowest BCUT2D eigenvalue weighted by atomic mass is 9.95. The average molecular weight is 1000 g/mol. The van der Waals surface area contributed by atoms with Crippen LogP contribution >= 0.6 is 0 Å². The van der Waals surface area contributed by atoms with Crippen LogP contribution in [0, 0.1) is 17.8 Å². The molecule has 0 saturated carbocycles. The van der Waals surface area contributed by atoms with Gasteiger partial charge in [0.1, 0.15) is 42.3 Å². The van der Waals surface area contributed by atoms with Gasteiger partial charge in [0.25, 0.3) is 0 Å². The summed E-state index contributed by atoms with van der Waals surface area (Å²) in [5.41, 5.74) is 28.4. The third-order valence-corrected chi connectivity index (χ3v) is 11.6. The highest BCUT2D eigenvalue weighted by Gasteiger charge is 2.36. The molecule has 1 aromatic rings. The van der Waals surface area contributed by atoms with Crippen molar-refractivity contribution in [3.8, 4) is 0 Å². The number of unbranched alkanes of at least 4 members (excludes halogenated alkanes) is 2. The Morgan fingerprint density at radius 2 is 1.00 bits per heavy atom. The van der Waals surface area contributed by atoms with Gasteiger partial charge in [-0.15, -0.1) is 0 Å². The number of guanidine groups is 1. The van der Waals surface area contributed by atoms with E-state index in [4.69, 9.17) is 28.7 Å². The smallest absolute Gasteiger partial charge is 0.326 e. The zero-order chi connectivity index (χ0) is 53.6. The van der Waals surface area contributed by atoms with Crippen molar-refractivity contribution in [1.29, 1.82) is 0 Å². The van der Waals surface area contributed by atoms with Crippen molar-refractivity contribution >= 4 is 59.2 Å². The average Bonchev–Trinajstić information content (AvgIpc) is 3.32. The molecule has 0 aliphatic rings. The minimum absolute atomic E-state index is 0.00628. The lowest BCUT2D eigenvalue weighted by Gasteiger charge is -2.30. The molecule has 0 spiro atoms. The summed E-state index contributed by atoms with van der Waals surface area (Å²) in [6, 6.07) is 0.370. The predicted molar refractivity (Wildman–Crippen MR) is 268 cm³/mol. The summed E-state index contributed by atoms with van der Waals surface area (Å²) in [5.74, 6) is -8.58. The Bertz CT molecular complexity index is 1900. The summed E-state index contributed by atoms with van der Waals surface area (Å²) in [6.07, 6.45) is 2.88. The first-order chi connectivity index (χ1) is 33.6. The summed E-state index contributed by atoms with van der Waals surface area (Å²) >= 11 is 0. The summed E-state index contributed by atoms with van der Waals surface area (Å²) in [4.78, 5) is 124. The molecule has 19 N–H and O–H groups in total. The topological polar surface area (TPSA) is 413 Å². The van der Waals surface area contributed by atoms with Gasteiger partial charge in [0.15, 0.2) is 5.96 Å². The number of hydrogen-bond acceptors (Lipinski definition) is 13. The molecule has 71 heavy (non-hydrogen) atoms. The number of carbonyl (C=O) groups is 9. The highest BCUT2D eigenvalue weighted by Crippen LogP contribution is 2.14. The van der Waals surface area contributed by atoms with Gasteiger partial charge in [-0.05, 0) is 87.8 Å². The van der Waals surface area contributed by atoms with Crippen molar-refractivity contribution in [3.63, 3.8) is 0 Å². The van der Waals surface area contributed by atoms with Crippen LogP contribution in [-0.2, 0) is 49.6 Å². The Kier molecular flexibility index (Phi) is 30.0. The number of nitrogens with zero attached hydrogens (tertiary/aromatic N) is 1. The molecule has 0 aliphatic carbocycles. The molecule has 0 saturated heterocycles. The molecule has 0 bridgehead atoms. The third kappa shape index (κ3) is 24.3. The zero-order valence-electron chi connectivity index (χ0n) is 42.2. The Labute approximate surface area is 417 Å². The number of benzene rings is 1. The molecule has 0 fully saturated rings. The number of nitrogens with two attached hydrogens (primary N) is 5. The van der Waals surface area contributed by atoms with E-state index in [1.165, 1.54) is 0 Å². The van der Waals surface area contributed by atoms with Crippen LogP contribution in [0.2, 0.25) is 0 Å². The number of hydrogen-bond donors (Lipinski definition) is 14. The fourth-order valence-electron chi connectivity index (χ4n) is 7.18. The van der Waals surface area contributed by atoms with E-state index in [9.17, 15) is 48.3 Å². The predicted octanol–water partition coefficient (Wildman–Crippen LogP) is -2.55. The Morgan fingerprint density at radius 1 is 0.549 bits per heavy atom. The van der Waals surface area contributed by atoms with Crippen LogP contribution < -0.4 is 71.2 Å². The van der Waals surface area contributed by atoms with Crippen molar-refractivity contribution in [2.75, 3.05) is 32.7 Å². The van der Waals surface area contributed by atoms with Crippen LogP contribution in [0.1, 0.15) is 105 Å². The maximum absolute atomic E-state index is 14.2. The third-order valence-electron chi connectivity index (χ3n) is 11.6. The number of aliphatic carboxylic acids is 1. The molecule has 0 unspecified atom stereocenters. The van der Waals surface area contributed by atoms with E-state index >= 15 is 0 Å². The minimum Gasteiger partial charge on any atom is -0.480 e. The molecule has 8 atom stereocenters. The lowest BCUT2D eigenvalue weighted by molar-refractivity contribution is -0.142. The van der Waals surface area contributed by atoms with E-state index in [-0.39, 0.29) is 57.7 Å². The van der Waals surface area contributed by atoms with Crippen LogP contribution in [0.25, 0.3) is 0 Å². The SMILES string of the molecule is CC[C@H](C)[C@H](NC(=O)[C@H](CCCN=C(N)N)NC(=O)[C@H](CCCCN)NC(=O)CNC(=O)[C@@H](NC(=O)[C@H](CCCCN)NC(=O)CN)C(C)C)C(=O)N[C@H](C(=O)N[C@@H](Cc1ccccc1)C(=O)O)C(C)C. The monoisotopic (exact) mass is 1000 g/mol. The summed E-state index contributed by atoms with van der Waals surface area (Å²) in [6.45, 7) is 10.0. The molecule has 24 heteroatoms. The second-order valence-corrected chi connectivity index (χ2v) is 18.2. The van der Waals surface area contributed by atoms with Gasteiger partial charge in [-0.25, -0.2) is 4.79 Å². The van der Waals surface area contributed by atoms with E-state index < -0.39 is 120 Å². The molecule has 0 aromatic heterocycles. The van der Waals surface area contributed by atoms with Gasteiger partial charge >= 0.3 is 5.97 Å². The second-order valence-electron chi connectivity index (χ2n) is 18.2. The molecule has 0 aliphatic heterocycles. The summed E-state index contributed by atoms with van der Waals surface area (Å²) < 4.78 is 0. The molecular formula is C47H82N14O10. The van der Waals surface area contributed by atoms with Gasteiger partial charge in [-0.1, -0.05) is 78.3 Å². The highest BCUT2D eigenvalue weighted by atomic mass is 16.4. The number of rotatable bonds is 35. The van der Waals surface area contributed by atoms with E-state index in [1.807, 2.05) is 0 Å². The fraction of sp³-hybridized carbons (Fsp3) is 0.660. The maximum atomic E-state index is 14.2. The van der Waals surface area contributed by atoms with E-state index in [1.54, 1.807) is 71.9 Å². The largest absolute Gasteiger partial charge is 0.480 e. The van der Waals surface area contributed by atoms with Crippen LogP contribution in [-0.4, -0.2) is 139 Å². The Morgan fingerprint density at radius 3 is 1.49 bits per heavy atom. The molecule has 0 radical (unpaired) electrons. The fourth-order valence-corrected chi connectivity index (χ4v) is 7.18. The number of amides is 8. The van der Waals surface area contributed by atoms with Crippen LogP contribution in [0.5, 0.6) is 0 Å². The van der Waals surface area contributed by atoms with Gasteiger partial charge in [0, 0.05) is 13.0 Å². The molecule has 400 valence electrons. The van der Waals surface area contributed by atoms with Crippen LogP contribution in [0.4, 0.5) is 0 Å². The Balaban J connectivity index is 3.32. The molecule has 1 aromatic carbocycles. The normalized spacial score (nSPS) is 14.5. The number of aliphatic imine (C=N–C) groups is 1. The quantitative estimate of drug-likeness (QED) is 0.0189. The first-order valence-corrected chi connectivity index (χ1v) is 24.4. The summed E-state index contributed by atoms with van der Waals surface area (Å²) in [7, 11) is 0. The van der Waals surface area contributed by atoms with Crippen LogP contribution in [0.15, 0.2) is 35.3 Å². The van der Waals surface area contributed by atoms with E-state index in [2.05, 4.69) is 47.5 Å². The highest BCUT2D eigenvalue weighted by molar-refractivity contribution is 5.97. The van der Waals surface area contributed by atoms with Crippen molar-refractivity contribution in [3.05, 3.63) is 35.9 Å². The maximum Gasteiger partial charge on any atom is 0.326 e. The van der Waals surface area contributed by atoms with Gasteiger partial charge < -0.3 is 76.3 Å².